The molecular formula is C18H26ClNO. The molecule has 0 saturated heterocycles. The van der Waals surface area contributed by atoms with E-state index in [0.29, 0.717) is 29.7 Å². The van der Waals surface area contributed by atoms with Crippen molar-refractivity contribution >= 4 is 17.5 Å². The normalized spacial score (nSPS) is 25.9. The van der Waals surface area contributed by atoms with Crippen LogP contribution in [0.15, 0.2) is 24.3 Å². The molecule has 1 amide bonds. The number of alkyl halides is 1. The third kappa shape index (κ3) is 4.23. The highest BCUT2D eigenvalue weighted by atomic mass is 35.5. The van der Waals surface area contributed by atoms with E-state index in [0.717, 1.165) is 17.5 Å². The Labute approximate surface area is 133 Å². The molecule has 0 aromatic heterocycles. The summed E-state index contributed by atoms with van der Waals surface area (Å²) >= 11 is 5.78. The molecule has 2 nitrogen and oxygen atoms in total. The summed E-state index contributed by atoms with van der Waals surface area (Å²) in [5, 5.41) is 3.26. The van der Waals surface area contributed by atoms with Crippen LogP contribution in [0.5, 0.6) is 0 Å². The van der Waals surface area contributed by atoms with Gasteiger partial charge in [0.15, 0.2) is 0 Å². The number of nitrogens with one attached hydrogen (secondary N) is 1. The van der Waals surface area contributed by atoms with E-state index in [2.05, 4.69) is 26.1 Å². The number of hydrogen-bond donors (Lipinski definition) is 1. The molecule has 1 aliphatic rings. The van der Waals surface area contributed by atoms with Crippen LogP contribution in [0.3, 0.4) is 0 Å². The Bertz CT molecular complexity index is 469. The lowest BCUT2D eigenvalue weighted by molar-refractivity contribution is 0.0868. The van der Waals surface area contributed by atoms with Gasteiger partial charge in [0.25, 0.3) is 5.91 Å². The van der Waals surface area contributed by atoms with Crippen LogP contribution >= 0.6 is 11.6 Å². The summed E-state index contributed by atoms with van der Waals surface area (Å²) in [7, 11) is 0. The average Bonchev–Trinajstić information content (AvgIpc) is 2.47. The van der Waals surface area contributed by atoms with Crippen LogP contribution in [0.2, 0.25) is 0 Å². The summed E-state index contributed by atoms with van der Waals surface area (Å²) in [6.07, 6.45) is 3.59. The second-order valence-electron chi connectivity index (χ2n) is 6.74. The van der Waals surface area contributed by atoms with E-state index in [1.807, 2.05) is 24.3 Å². The van der Waals surface area contributed by atoms with Gasteiger partial charge in [-0.2, -0.15) is 0 Å². The molecule has 1 aromatic carbocycles. The fourth-order valence-electron chi connectivity index (χ4n) is 3.37. The molecule has 0 heterocycles. The molecule has 1 saturated carbocycles. The zero-order valence-electron chi connectivity index (χ0n) is 13.2. The van der Waals surface area contributed by atoms with E-state index in [-0.39, 0.29) is 5.91 Å². The Hall–Kier alpha value is -1.02. The Kier molecular flexibility index (Phi) is 5.69. The molecule has 0 spiro atoms. The second-order valence-corrected chi connectivity index (χ2v) is 7.00. The molecule has 21 heavy (non-hydrogen) atoms. The van der Waals surface area contributed by atoms with Crippen LogP contribution in [0.1, 0.15) is 56.0 Å². The smallest absolute Gasteiger partial charge is 0.251 e. The minimum absolute atomic E-state index is 0.0425. The number of halogens is 1. The summed E-state index contributed by atoms with van der Waals surface area (Å²) in [5.74, 6) is 2.43. The maximum Gasteiger partial charge on any atom is 0.251 e. The third-order valence-corrected chi connectivity index (χ3v) is 5.02. The molecule has 1 fully saturated rings. The summed E-state index contributed by atoms with van der Waals surface area (Å²) in [4.78, 5) is 12.4. The van der Waals surface area contributed by atoms with Gasteiger partial charge in [0, 0.05) is 17.5 Å². The number of carbonyl (C=O) groups excluding carboxylic acids is 1. The van der Waals surface area contributed by atoms with Crippen molar-refractivity contribution in [1.82, 2.24) is 5.32 Å². The van der Waals surface area contributed by atoms with E-state index < -0.39 is 0 Å². The predicted octanol–water partition coefficient (Wildman–Crippen LogP) is 4.62. The first-order valence-corrected chi connectivity index (χ1v) is 8.50. The highest BCUT2D eigenvalue weighted by Gasteiger charge is 2.31. The predicted molar refractivity (Wildman–Crippen MR) is 88.6 cm³/mol. The highest BCUT2D eigenvalue weighted by Crippen LogP contribution is 2.33. The van der Waals surface area contributed by atoms with E-state index in [1.54, 1.807) is 0 Å². The molecule has 1 aliphatic carbocycles. The van der Waals surface area contributed by atoms with Gasteiger partial charge < -0.3 is 5.32 Å². The zero-order chi connectivity index (χ0) is 15.4. The van der Waals surface area contributed by atoms with E-state index in [1.165, 1.54) is 12.8 Å². The molecule has 1 aromatic rings. The number of carbonyl (C=O) groups is 1. The number of hydrogen-bond acceptors (Lipinski definition) is 1. The topological polar surface area (TPSA) is 29.1 Å². The van der Waals surface area contributed by atoms with Gasteiger partial charge in [-0.3, -0.25) is 4.79 Å². The molecule has 116 valence electrons. The molecule has 1 N–H and O–H groups in total. The molecule has 3 unspecified atom stereocenters. The molecule has 3 atom stereocenters. The van der Waals surface area contributed by atoms with Crippen LogP contribution in [0.4, 0.5) is 0 Å². The van der Waals surface area contributed by atoms with Crippen molar-refractivity contribution in [2.75, 3.05) is 0 Å². The third-order valence-electron chi connectivity index (χ3n) is 4.71. The lowest BCUT2D eigenvalue weighted by Gasteiger charge is -2.37. The monoisotopic (exact) mass is 307 g/mol. The SMILES string of the molecule is CC1CCC(C(C)C)C(NC(=O)c2ccc(CCl)cc2)C1. The summed E-state index contributed by atoms with van der Waals surface area (Å²) in [6.45, 7) is 6.80. The molecular weight excluding hydrogens is 282 g/mol. The standard InChI is InChI=1S/C18H26ClNO/c1-12(2)16-9-4-13(3)10-17(16)20-18(21)15-7-5-14(11-19)6-8-15/h5-8,12-13,16-17H,4,9-11H2,1-3H3,(H,20,21). The maximum absolute atomic E-state index is 12.4. The van der Waals surface area contributed by atoms with Gasteiger partial charge in [-0.05, 0) is 48.3 Å². The van der Waals surface area contributed by atoms with Gasteiger partial charge in [0.05, 0.1) is 0 Å². The van der Waals surface area contributed by atoms with Crippen molar-refractivity contribution in [3.05, 3.63) is 35.4 Å². The minimum Gasteiger partial charge on any atom is -0.349 e. The van der Waals surface area contributed by atoms with Crippen LogP contribution in [-0.4, -0.2) is 11.9 Å². The zero-order valence-corrected chi connectivity index (χ0v) is 14.0. The molecule has 3 heteroatoms. The van der Waals surface area contributed by atoms with Gasteiger partial charge in [-0.1, -0.05) is 39.3 Å². The fraction of sp³-hybridized carbons (Fsp3) is 0.611. The van der Waals surface area contributed by atoms with Gasteiger partial charge >= 0.3 is 0 Å². The van der Waals surface area contributed by atoms with Crippen LogP contribution in [-0.2, 0) is 5.88 Å². The quantitative estimate of drug-likeness (QED) is 0.808. The van der Waals surface area contributed by atoms with Gasteiger partial charge in [0.2, 0.25) is 0 Å². The summed E-state index contributed by atoms with van der Waals surface area (Å²) in [6, 6.07) is 7.87. The van der Waals surface area contributed by atoms with E-state index in [9.17, 15) is 4.79 Å². The van der Waals surface area contributed by atoms with Crippen LogP contribution in [0, 0.1) is 17.8 Å². The Morgan fingerprint density at radius 1 is 1.29 bits per heavy atom. The summed E-state index contributed by atoms with van der Waals surface area (Å²) in [5.41, 5.74) is 1.77. The summed E-state index contributed by atoms with van der Waals surface area (Å²) < 4.78 is 0. The highest BCUT2D eigenvalue weighted by molar-refractivity contribution is 6.17. The van der Waals surface area contributed by atoms with Gasteiger partial charge in [0.1, 0.15) is 0 Å². The largest absolute Gasteiger partial charge is 0.349 e. The lowest BCUT2D eigenvalue weighted by Crippen LogP contribution is -2.45. The van der Waals surface area contributed by atoms with E-state index >= 15 is 0 Å². The van der Waals surface area contributed by atoms with Crippen molar-refractivity contribution in [3.8, 4) is 0 Å². The van der Waals surface area contributed by atoms with Crippen molar-refractivity contribution < 1.29 is 4.79 Å². The van der Waals surface area contributed by atoms with Crippen molar-refractivity contribution in [2.45, 2.75) is 52.0 Å². The Morgan fingerprint density at radius 2 is 1.95 bits per heavy atom. The Morgan fingerprint density at radius 3 is 2.52 bits per heavy atom. The van der Waals surface area contributed by atoms with Crippen molar-refractivity contribution in [3.63, 3.8) is 0 Å². The first-order chi connectivity index (χ1) is 10.0. The Balaban J connectivity index is 2.04. The van der Waals surface area contributed by atoms with Crippen molar-refractivity contribution in [1.29, 1.82) is 0 Å². The number of amides is 1. The van der Waals surface area contributed by atoms with Crippen molar-refractivity contribution in [2.24, 2.45) is 17.8 Å². The molecule has 0 bridgehead atoms. The van der Waals surface area contributed by atoms with Gasteiger partial charge in [-0.25, -0.2) is 0 Å². The van der Waals surface area contributed by atoms with E-state index in [4.69, 9.17) is 11.6 Å². The average molecular weight is 308 g/mol. The maximum atomic E-state index is 12.4. The lowest BCUT2D eigenvalue weighted by atomic mass is 9.74. The first-order valence-electron chi connectivity index (χ1n) is 7.97. The molecule has 2 rings (SSSR count). The molecule has 0 aliphatic heterocycles. The second kappa shape index (κ2) is 7.31. The fourth-order valence-corrected chi connectivity index (χ4v) is 3.54. The van der Waals surface area contributed by atoms with Crippen LogP contribution in [0.25, 0.3) is 0 Å². The first kappa shape index (κ1) is 16.4. The minimum atomic E-state index is 0.0425. The van der Waals surface area contributed by atoms with Gasteiger partial charge in [-0.15, -0.1) is 11.6 Å². The number of rotatable bonds is 4. The molecule has 0 radical (unpaired) electrons. The number of benzene rings is 1. The van der Waals surface area contributed by atoms with Crippen LogP contribution < -0.4 is 5.32 Å².